The monoisotopic (exact) mass is 736 g/mol. The van der Waals surface area contributed by atoms with Crippen LogP contribution in [0.3, 0.4) is 0 Å². The maximum Gasteiger partial charge on any atom is 0.407 e. The number of rotatable bonds is 11. The zero-order chi connectivity index (χ0) is 38.5. The van der Waals surface area contributed by atoms with Crippen LogP contribution in [0.25, 0.3) is 33.6 Å². The van der Waals surface area contributed by atoms with Crippen LogP contribution in [0, 0.1) is 11.8 Å². The molecule has 0 aliphatic carbocycles. The van der Waals surface area contributed by atoms with Crippen molar-refractivity contribution in [2.75, 3.05) is 27.3 Å². The lowest BCUT2D eigenvalue weighted by atomic mass is 10.0. The highest BCUT2D eigenvalue weighted by atomic mass is 16.5. The smallest absolute Gasteiger partial charge is 0.407 e. The lowest BCUT2D eigenvalue weighted by molar-refractivity contribution is -0.136. The summed E-state index contributed by atoms with van der Waals surface area (Å²) in [7, 11) is 2.60. The van der Waals surface area contributed by atoms with Gasteiger partial charge in [0.15, 0.2) is 0 Å². The van der Waals surface area contributed by atoms with E-state index in [1.165, 1.54) is 14.2 Å². The molecule has 0 radical (unpaired) electrons. The number of benzene rings is 2. The molecule has 2 aromatic heterocycles. The molecule has 4 N–H and O–H groups in total. The van der Waals surface area contributed by atoms with Crippen LogP contribution in [0.1, 0.15) is 76.8 Å². The van der Waals surface area contributed by atoms with E-state index in [1.807, 2.05) is 37.5 Å². The van der Waals surface area contributed by atoms with Gasteiger partial charge in [0.25, 0.3) is 0 Å². The number of likely N-dealkylation sites (tertiary alicyclic amines) is 2. The van der Waals surface area contributed by atoms with Gasteiger partial charge in [-0.3, -0.25) is 9.59 Å². The lowest BCUT2D eigenvalue weighted by Gasteiger charge is -2.30. The Labute approximate surface area is 317 Å². The average Bonchev–Trinajstić information content (AvgIpc) is 4.02. The first-order valence-electron chi connectivity index (χ1n) is 18.9. The standard InChI is InChI=1S/C42H52N6O6/c1-25(2)37(45-41(51)53-5)39(49)47-23-7-9-35(47)33-21-19-31(43-33)29-15-11-27(12-16-29)28-13-17-30(18-14-28)32-20-22-34(44-32)36-10-8-24-48(36)40(50)38(26(3)4)46-42(52)54-6/h11-22,25-26,35-38,43-44H,7-10,23-24H2,1-6H3,(H,45,51)(H,46,52)/t35?,36?,37-,38?/m0/s1. The van der Waals surface area contributed by atoms with Crippen LogP contribution in [-0.2, 0) is 19.1 Å². The van der Waals surface area contributed by atoms with Gasteiger partial charge in [0.2, 0.25) is 11.8 Å². The van der Waals surface area contributed by atoms with Gasteiger partial charge in [-0.15, -0.1) is 0 Å². The van der Waals surface area contributed by atoms with Crippen molar-refractivity contribution in [1.82, 2.24) is 30.4 Å². The number of amides is 4. The van der Waals surface area contributed by atoms with Gasteiger partial charge in [0.1, 0.15) is 12.1 Å². The number of alkyl carbamates (subject to hydrolysis) is 2. The molecule has 54 heavy (non-hydrogen) atoms. The summed E-state index contributed by atoms with van der Waals surface area (Å²) in [5.74, 6) is -0.357. The van der Waals surface area contributed by atoms with Crippen LogP contribution in [0.4, 0.5) is 9.59 Å². The van der Waals surface area contributed by atoms with Crippen molar-refractivity contribution in [3.05, 3.63) is 84.2 Å². The lowest BCUT2D eigenvalue weighted by Crippen LogP contribution is -2.51. The summed E-state index contributed by atoms with van der Waals surface area (Å²) < 4.78 is 9.53. The Morgan fingerprint density at radius 2 is 0.926 bits per heavy atom. The maximum absolute atomic E-state index is 13.5. The third kappa shape index (κ3) is 8.17. The highest BCUT2D eigenvalue weighted by Gasteiger charge is 2.38. The molecule has 12 nitrogen and oxygen atoms in total. The molecule has 2 fully saturated rings. The zero-order valence-corrected chi connectivity index (χ0v) is 32.0. The average molecular weight is 737 g/mol. The summed E-state index contributed by atoms with van der Waals surface area (Å²) in [6.07, 6.45) is 2.27. The highest BCUT2D eigenvalue weighted by molar-refractivity contribution is 5.87. The zero-order valence-electron chi connectivity index (χ0n) is 32.0. The Morgan fingerprint density at radius 1 is 0.574 bits per heavy atom. The van der Waals surface area contributed by atoms with Gasteiger partial charge in [-0.2, -0.15) is 0 Å². The third-order valence-electron chi connectivity index (χ3n) is 10.7. The SMILES string of the molecule is COC(=O)NC(C(=O)N1CCCC1c1ccc(-c2ccc(-c3ccc(-c4ccc(C5CCCN5C(=O)[C@@H](NC(=O)OC)C(C)C)[nH]4)cc3)cc2)[nH]1)C(C)C. The first-order valence-corrected chi connectivity index (χ1v) is 18.9. The predicted octanol–water partition coefficient (Wildman–Crippen LogP) is 7.43. The Balaban J connectivity index is 1.11. The Kier molecular flexibility index (Phi) is 11.8. The molecule has 4 heterocycles. The van der Waals surface area contributed by atoms with E-state index in [0.29, 0.717) is 13.1 Å². The number of aromatic amines is 2. The van der Waals surface area contributed by atoms with E-state index in [-0.39, 0.29) is 35.7 Å². The minimum Gasteiger partial charge on any atom is -0.453 e. The van der Waals surface area contributed by atoms with E-state index in [9.17, 15) is 19.2 Å². The van der Waals surface area contributed by atoms with Gasteiger partial charge in [0, 0.05) is 35.9 Å². The Morgan fingerprint density at radius 3 is 1.26 bits per heavy atom. The second kappa shape index (κ2) is 16.7. The van der Waals surface area contributed by atoms with Crippen molar-refractivity contribution < 1.29 is 28.7 Å². The molecule has 4 atom stereocenters. The van der Waals surface area contributed by atoms with Crippen LogP contribution < -0.4 is 10.6 Å². The third-order valence-corrected chi connectivity index (χ3v) is 10.7. The number of methoxy groups -OCH3 is 2. The number of carbonyl (C=O) groups is 4. The number of aromatic nitrogens is 2. The fourth-order valence-corrected chi connectivity index (χ4v) is 7.70. The second-order valence-corrected chi connectivity index (χ2v) is 14.9. The number of hydrogen-bond donors (Lipinski definition) is 4. The predicted molar refractivity (Wildman–Crippen MR) is 207 cm³/mol. The molecule has 12 heteroatoms. The molecule has 4 amide bonds. The van der Waals surface area contributed by atoms with Gasteiger partial charge < -0.3 is 39.9 Å². The molecular weight excluding hydrogens is 684 g/mol. The van der Waals surface area contributed by atoms with Crippen molar-refractivity contribution in [2.45, 2.75) is 77.5 Å². The van der Waals surface area contributed by atoms with E-state index in [1.54, 1.807) is 0 Å². The largest absolute Gasteiger partial charge is 0.453 e. The normalized spacial score (nSPS) is 18.1. The van der Waals surface area contributed by atoms with Gasteiger partial charge in [-0.25, -0.2) is 9.59 Å². The molecule has 6 rings (SSSR count). The first-order chi connectivity index (χ1) is 26.0. The van der Waals surface area contributed by atoms with Crippen LogP contribution in [0.2, 0.25) is 0 Å². The van der Waals surface area contributed by atoms with E-state index in [4.69, 9.17) is 9.47 Å². The fourth-order valence-electron chi connectivity index (χ4n) is 7.70. The highest BCUT2D eigenvalue weighted by Crippen LogP contribution is 2.36. The number of H-pyrrole nitrogens is 2. The van der Waals surface area contributed by atoms with Gasteiger partial charge in [-0.05, 0) is 84.0 Å². The van der Waals surface area contributed by atoms with Crippen LogP contribution in [0.5, 0.6) is 0 Å². The summed E-state index contributed by atoms with van der Waals surface area (Å²) in [6.45, 7) is 8.94. The summed E-state index contributed by atoms with van der Waals surface area (Å²) in [6, 6.07) is 23.6. The van der Waals surface area contributed by atoms with Crippen molar-refractivity contribution in [3.8, 4) is 33.6 Å². The molecule has 0 bridgehead atoms. The van der Waals surface area contributed by atoms with E-state index < -0.39 is 24.3 Å². The number of ether oxygens (including phenoxy) is 2. The molecule has 3 unspecified atom stereocenters. The number of nitrogens with one attached hydrogen (secondary N) is 4. The fraction of sp³-hybridized carbons (Fsp3) is 0.429. The van der Waals surface area contributed by atoms with E-state index >= 15 is 0 Å². The number of nitrogens with zero attached hydrogens (tertiary/aromatic N) is 2. The topological polar surface area (TPSA) is 149 Å². The maximum atomic E-state index is 13.5. The molecule has 2 aliphatic heterocycles. The van der Waals surface area contributed by atoms with Crippen molar-refractivity contribution in [3.63, 3.8) is 0 Å². The van der Waals surface area contributed by atoms with Crippen molar-refractivity contribution >= 4 is 24.0 Å². The second-order valence-electron chi connectivity index (χ2n) is 14.9. The molecule has 4 aromatic rings. The summed E-state index contributed by atoms with van der Waals surface area (Å²) >= 11 is 0. The van der Waals surface area contributed by atoms with Crippen LogP contribution in [0.15, 0.2) is 72.8 Å². The molecule has 2 saturated heterocycles. The molecule has 286 valence electrons. The van der Waals surface area contributed by atoms with Crippen molar-refractivity contribution in [2.24, 2.45) is 11.8 Å². The van der Waals surface area contributed by atoms with E-state index in [2.05, 4.69) is 93.4 Å². The Bertz CT molecular complexity index is 1790. The van der Waals surface area contributed by atoms with Gasteiger partial charge in [0.05, 0.1) is 26.3 Å². The Hall–Kier alpha value is -5.52. The number of hydrogen-bond acceptors (Lipinski definition) is 6. The summed E-state index contributed by atoms with van der Waals surface area (Å²) in [5, 5.41) is 5.43. The quantitative estimate of drug-likeness (QED) is 0.126. The number of carbonyl (C=O) groups excluding carboxylic acids is 4. The summed E-state index contributed by atoms with van der Waals surface area (Å²) in [4.78, 5) is 61.8. The molecule has 0 spiro atoms. The molecule has 0 saturated carbocycles. The molecule has 2 aromatic carbocycles. The van der Waals surface area contributed by atoms with E-state index in [0.717, 1.165) is 70.7 Å². The summed E-state index contributed by atoms with van der Waals surface area (Å²) in [5.41, 5.74) is 8.18. The molecule has 2 aliphatic rings. The minimum absolute atomic E-state index is 0.0810. The van der Waals surface area contributed by atoms with Crippen LogP contribution >= 0.6 is 0 Å². The van der Waals surface area contributed by atoms with Crippen molar-refractivity contribution in [1.29, 1.82) is 0 Å². The van der Waals surface area contributed by atoms with Gasteiger partial charge >= 0.3 is 12.2 Å². The minimum atomic E-state index is -0.656. The molecular formula is C42H52N6O6. The van der Waals surface area contributed by atoms with Crippen LogP contribution in [-0.4, -0.2) is 83.2 Å². The van der Waals surface area contributed by atoms with Gasteiger partial charge in [-0.1, -0.05) is 76.2 Å². The first kappa shape index (κ1) is 38.2.